The van der Waals surface area contributed by atoms with Crippen LogP contribution in [0.1, 0.15) is 28.8 Å². The Morgan fingerprint density at radius 3 is 2.76 bits per heavy atom. The van der Waals surface area contributed by atoms with Gasteiger partial charge in [0.1, 0.15) is 0 Å². The van der Waals surface area contributed by atoms with Gasteiger partial charge in [0, 0.05) is 35.4 Å². The van der Waals surface area contributed by atoms with Crippen LogP contribution in [0.4, 0.5) is 5.69 Å². The molecule has 156 valence electrons. The van der Waals surface area contributed by atoms with Crippen molar-refractivity contribution in [3.8, 4) is 0 Å². The van der Waals surface area contributed by atoms with Gasteiger partial charge in [0.05, 0.1) is 6.26 Å². The van der Waals surface area contributed by atoms with Crippen molar-refractivity contribution in [2.45, 2.75) is 25.3 Å². The average molecular weight is 436 g/mol. The molecule has 8 heteroatoms. The number of anilines is 1. The minimum Gasteiger partial charge on any atom is -0.338 e. The fraction of sp³-hybridized carbons (Fsp3) is 0.381. The Balaban J connectivity index is 1.67. The van der Waals surface area contributed by atoms with E-state index < -0.39 is 10.0 Å². The monoisotopic (exact) mass is 435 g/mol. The number of carbonyl (C=O) groups is 1. The fourth-order valence-electron chi connectivity index (χ4n) is 3.76. The van der Waals surface area contributed by atoms with Gasteiger partial charge < -0.3 is 10.6 Å². The molecular formula is C21H26ClN3O3S. The Morgan fingerprint density at radius 2 is 2.03 bits per heavy atom. The van der Waals surface area contributed by atoms with Crippen molar-refractivity contribution in [2.24, 2.45) is 11.7 Å². The van der Waals surface area contributed by atoms with Crippen LogP contribution in [0.5, 0.6) is 0 Å². The number of sulfonamides is 1. The first-order valence-electron chi connectivity index (χ1n) is 9.58. The van der Waals surface area contributed by atoms with E-state index in [-0.39, 0.29) is 17.9 Å². The first-order chi connectivity index (χ1) is 13.7. The lowest BCUT2D eigenvalue weighted by Gasteiger charge is -2.36. The molecular weight excluding hydrogens is 410 g/mol. The van der Waals surface area contributed by atoms with E-state index in [9.17, 15) is 13.2 Å². The molecule has 29 heavy (non-hydrogen) atoms. The molecule has 0 spiro atoms. The van der Waals surface area contributed by atoms with Gasteiger partial charge in [0.15, 0.2) is 0 Å². The van der Waals surface area contributed by atoms with Gasteiger partial charge in [0.25, 0.3) is 5.91 Å². The van der Waals surface area contributed by atoms with Crippen molar-refractivity contribution >= 4 is 33.2 Å². The predicted octanol–water partition coefficient (Wildman–Crippen LogP) is 3.13. The normalized spacial score (nSPS) is 18.3. The zero-order valence-electron chi connectivity index (χ0n) is 16.3. The number of amides is 1. The second kappa shape index (κ2) is 9.15. The first kappa shape index (κ1) is 21.6. The van der Waals surface area contributed by atoms with Crippen LogP contribution in [0.15, 0.2) is 48.5 Å². The van der Waals surface area contributed by atoms with Crippen LogP contribution in [-0.4, -0.2) is 44.6 Å². The third-order valence-corrected chi connectivity index (χ3v) is 5.97. The number of rotatable bonds is 6. The van der Waals surface area contributed by atoms with Gasteiger partial charge in [0.2, 0.25) is 10.0 Å². The third-order valence-electron chi connectivity index (χ3n) is 5.12. The zero-order valence-corrected chi connectivity index (χ0v) is 17.9. The SMILES string of the molecule is CS(=O)(=O)Nc1cccc(C(=O)N2CCCC(C(N)Cc3cccc(Cl)c3)C2)c1. The van der Waals surface area contributed by atoms with E-state index in [0.717, 1.165) is 24.7 Å². The molecule has 1 fully saturated rings. The number of nitrogens with two attached hydrogens (primary N) is 1. The van der Waals surface area contributed by atoms with E-state index in [0.29, 0.717) is 35.8 Å². The number of halogens is 1. The predicted molar refractivity (Wildman–Crippen MR) is 117 cm³/mol. The molecule has 2 atom stereocenters. The number of hydrogen-bond donors (Lipinski definition) is 2. The summed E-state index contributed by atoms with van der Waals surface area (Å²) in [6, 6.07) is 14.2. The Morgan fingerprint density at radius 1 is 1.28 bits per heavy atom. The summed E-state index contributed by atoms with van der Waals surface area (Å²) in [4.78, 5) is 14.8. The number of benzene rings is 2. The van der Waals surface area contributed by atoms with Crippen LogP contribution in [0.25, 0.3) is 0 Å². The fourth-order valence-corrected chi connectivity index (χ4v) is 4.53. The lowest BCUT2D eigenvalue weighted by Crippen LogP contribution is -2.46. The van der Waals surface area contributed by atoms with Crippen LogP contribution in [-0.2, 0) is 16.4 Å². The molecule has 0 bridgehead atoms. The van der Waals surface area contributed by atoms with Gasteiger partial charge in [-0.15, -0.1) is 0 Å². The summed E-state index contributed by atoms with van der Waals surface area (Å²) in [5, 5.41) is 0.692. The molecule has 0 aromatic heterocycles. The van der Waals surface area contributed by atoms with Gasteiger partial charge >= 0.3 is 0 Å². The maximum absolute atomic E-state index is 13.0. The van der Waals surface area contributed by atoms with Crippen LogP contribution in [0, 0.1) is 5.92 Å². The third kappa shape index (κ3) is 6.19. The quantitative estimate of drug-likeness (QED) is 0.729. The molecule has 3 rings (SSSR count). The van der Waals surface area contributed by atoms with Gasteiger partial charge in [-0.25, -0.2) is 8.42 Å². The smallest absolute Gasteiger partial charge is 0.253 e. The second-order valence-corrected chi connectivity index (χ2v) is 9.79. The summed E-state index contributed by atoms with van der Waals surface area (Å²) in [6.07, 6.45) is 3.65. The van der Waals surface area contributed by atoms with Crippen molar-refractivity contribution in [1.29, 1.82) is 0 Å². The minimum atomic E-state index is -3.40. The molecule has 0 radical (unpaired) electrons. The standard InChI is InChI=1S/C21H26ClN3O3S/c1-29(27,28)24-19-9-3-6-16(13-19)21(26)25-10-4-7-17(14-25)20(23)12-15-5-2-8-18(22)11-15/h2-3,5-6,8-9,11,13,17,20,24H,4,7,10,12,14,23H2,1H3. The van der Waals surface area contributed by atoms with Crippen molar-refractivity contribution in [2.75, 3.05) is 24.1 Å². The first-order valence-corrected chi connectivity index (χ1v) is 11.9. The number of likely N-dealkylation sites (tertiary alicyclic amines) is 1. The van der Waals surface area contributed by atoms with Gasteiger partial charge in [-0.3, -0.25) is 9.52 Å². The molecule has 2 aromatic carbocycles. The molecule has 0 saturated carbocycles. The van der Waals surface area contributed by atoms with Gasteiger partial charge in [-0.2, -0.15) is 0 Å². The largest absolute Gasteiger partial charge is 0.338 e. The van der Waals surface area contributed by atoms with Gasteiger partial charge in [-0.05, 0) is 61.1 Å². The van der Waals surface area contributed by atoms with Crippen molar-refractivity contribution < 1.29 is 13.2 Å². The topological polar surface area (TPSA) is 92.5 Å². The van der Waals surface area contributed by atoms with Crippen LogP contribution >= 0.6 is 11.6 Å². The number of piperidine rings is 1. The summed E-state index contributed by atoms with van der Waals surface area (Å²) in [7, 11) is -3.40. The molecule has 2 unspecified atom stereocenters. The summed E-state index contributed by atoms with van der Waals surface area (Å²) < 4.78 is 25.3. The summed E-state index contributed by atoms with van der Waals surface area (Å²) in [6.45, 7) is 1.26. The molecule has 1 saturated heterocycles. The molecule has 1 aliphatic rings. The second-order valence-electron chi connectivity index (χ2n) is 7.61. The highest BCUT2D eigenvalue weighted by molar-refractivity contribution is 7.92. The summed E-state index contributed by atoms with van der Waals surface area (Å²) >= 11 is 6.06. The highest BCUT2D eigenvalue weighted by Gasteiger charge is 2.28. The maximum Gasteiger partial charge on any atom is 0.253 e. The van der Waals surface area contributed by atoms with E-state index in [1.807, 2.05) is 29.2 Å². The molecule has 0 aliphatic carbocycles. The lowest BCUT2D eigenvalue weighted by molar-refractivity contribution is 0.0657. The molecule has 2 aromatic rings. The molecule has 3 N–H and O–H groups in total. The van der Waals surface area contributed by atoms with E-state index in [4.69, 9.17) is 17.3 Å². The summed E-state index contributed by atoms with van der Waals surface area (Å²) in [5.41, 5.74) is 8.40. The average Bonchev–Trinajstić information content (AvgIpc) is 2.66. The number of nitrogens with zero attached hydrogens (tertiary/aromatic N) is 1. The Labute approximate surface area is 177 Å². The number of carbonyl (C=O) groups excluding carboxylic acids is 1. The lowest BCUT2D eigenvalue weighted by atomic mass is 9.87. The molecule has 1 heterocycles. The van der Waals surface area contributed by atoms with Crippen LogP contribution in [0.2, 0.25) is 5.02 Å². The van der Waals surface area contributed by atoms with Crippen molar-refractivity contribution in [3.63, 3.8) is 0 Å². The van der Waals surface area contributed by atoms with Gasteiger partial charge in [-0.1, -0.05) is 29.8 Å². The molecule has 1 amide bonds. The molecule has 6 nitrogen and oxygen atoms in total. The van der Waals surface area contributed by atoms with E-state index in [2.05, 4.69) is 4.72 Å². The highest BCUT2D eigenvalue weighted by atomic mass is 35.5. The van der Waals surface area contributed by atoms with Crippen LogP contribution in [0.3, 0.4) is 0 Å². The van der Waals surface area contributed by atoms with E-state index >= 15 is 0 Å². The van der Waals surface area contributed by atoms with E-state index in [1.54, 1.807) is 24.3 Å². The van der Waals surface area contributed by atoms with Crippen LogP contribution < -0.4 is 10.5 Å². The Kier molecular flexibility index (Phi) is 6.82. The van der Waals surface area contributed by atoms with Crippen molar-refractivity contribution in [1.82, 2.24) is 4.90 Å². The summed E-state index contributed by atoms with van der Waals surface area (Å²) in [5.74, 6) is 0.0887. The highest BCUT2D eigenvalue weighted by Crippen LogP contribution is 2.24. The maximum atomic E-state index is 13.0. The van der Waals surface area contributed by atoms with Crippen molar-refractivity contribution in [3.05, 3.63) is 64.7 Å². The van der Waals surface area contributed by atoms with E-state index in [1.165, 1.54) is 0 Å². The minimum absolute atomic E-state index is 0.0673. The number of nitrogens with one attached hydrogen (secondary N) is 1. The zero-order chi connectivity index (χ0) is 21.0. The number of hydrogen-bond acceptors (Lipinski definition) is 4. The molecule has 1 aliphatic heterocycles. The Hall–Kier alpha value is -2.09. The Bertz CT molecular complexity index is 981.